The lowest BCUT2D eigenvalue weighted by molar-refractivity contribution is -0.155. The zero-order chi connectivity index (χ0) is 39.2. The second-order valence-electron chi connectivity index (χ2n) is 18.2. The third kappa shape index (κ3) is 13.3. The van der Waals surface area contributed by atoms with E-state index in [9.17, 15) is 33.6 Å². The van der Waals surface area contributed by atoms with E-state index in [-0.39, 0.29) is 49.6 Å². The number of esters is 2. The molecule has 5 atom stereocenters. The van der Waals surface area contributed by atoms with E-state index in [0.717, 1.165) is 38.5 Å². The highest BCUT2D eigenvalue weighted by molar-refractivity contribution is 6.38. The van der Waals surface area contributed by atoms with Crippen molar-refractivity contribution < 1.29 is 43.0 Å². The van der Waals surface area contributed by atoms with Gasteiger partial charge in [-0.15, -0.1) is 0 Å². The van der Waals surface area contributed by atoms with Crippen LogP contribution in [0.25, 0.3) is 0 Å². The molecule has 5 amide bonds. The number of rotatable bonds is 18. The summed E-state index contributed by atoms with van der Waals surface area (Å²) in [5, 5.41) is 10.9. The molecule has 3 aliphatic carbocycles. The van der Waals surface area contributed by atoms with Gasteiger partial charge in [-0.1, -0.05) is 47.5 Å². The minimum Gasteiger partial charge on any atom is -0.464 e. The number of hydrogen-bond donors (Lipinski definition) is 4. The fraction of sp³-hybridized carbons (Fsp3) is 0.821. The minimum absolute atomic E-state index is 0.0157. The Kier molecular flexibility index (Phi) is 14.0. The Morgan fingerprint density at radius 1 is 0.792 bits per heavy atom. The van der Waals surface area contributed by atoms with E-state index >= 15 is 0 Å². The standard InChI is InChI=1S/C39H63N5O9/c1-22(2)19-26-16-18-44(35(49)32(38(3,4)5)43-37(51)42-29(25-13-14-25)36(50)52-21-24-11-12-24)30(26)33(47)41-27(20-23-9-10-23)31(46)34(48)40-17-15-28(45)53-39(6,7)8/h22-27,29-30,32H,9-21H2,1-8H3,(H,40,48)(H,41,47)(H2,42,43,51)/t26-,27?,29?,30+,32-/m1/s1. The lowest BCUT2D eigenvalue weighted by Gasteiger charge is -2.37. The van der Waals surface area contributed by atoms with Gasteiger partial charge < -0.3 is 35.6 Å². The van der Waals surface area contributed by atoms with Crippen molar-refractivity contribution in [3.63, 3.8) is 0 Å². The molecule has 4 N–H and O–H groups in total. The van der Waals surface area contributed by atoms with Crippen LogP contribution in [-0.4, -0.2) is 95.8 Å². The predicted molar refractivity (Wildman–Crippen MR) is 196 cm³/mol. The number of nitrogens with zero attached hydrogens (tertiary/aromatic N) is 1. The normalized spacial score (nSPS) is 21.9. The summed E-state index contributed by atoms with van der Waals surface area (Å²) in [6.07, 6.45) is 6.79. The summed E-state index contributed by atoms with van der Waals surface area (Å²) in [7, 11) is 0. The van der Waals surface area contributed by atoms with E-state index in [4.69, 9.17) is 9.47 Å². The van der Waals surface area contributed by atoms with Gasteiger partial charge in [0.25, 0.3) is 5.91 Å². The van der Waals surface area contributed by atoms with Crippen molar-refractivity contribution >= 4 is 41.5 Å². The molecule has 298 valence electrons. The van der Waals surface area contributed by atoms with E-state index in [0.29, 0.717) is 25.4 Å². The van der Waals surface area contributed by atoms with Crippen LogP contribution in [-0.2, 0) is 38.2 Å². The molecule has 0 bridgehead atoms. The van der Waals surface area contributed by atoms with Crippen LogP contribution in [0.15, 0.2) is 0 Å². The number of carbonyl (C=O) groups excluding carboxylic acids is 7. The van der Waals surface area contributed by atoms with Crippen LogP contribution < -0.4 is 21.3 Å². The summed E-state index contributed by atoms with van der Waals surface area (Å²) >= 11 is 0. The topological polar surface area (TPSA) is 189 Å². The van der Waals surface area contributed by atoms with Crippen molar-refractivity contribution in [2.24, 2.45) is 35.0 Å². The first-order valence-electron chi connectivity index (χ1n) is 19.6. The van der Waals surface area contributed by atoms with Crippen molar-refractivity contribution in [3.8, 4) is 0 Å². The highest BCUT2D eigenvalue weighted by Crippen LogP contribution is 2.36. The molecule has 0 spiro atoms. The van der Waals surface area contributed by atoms with Gasteiger partial charge in [0, 0.05) is 13.1 Å². The van der Waals surface area contributed by atoms with E-state index in [1.165, 1.54) is 4.90 Å². The molecule has 14 heteroatoms. The number of carbonyl (C=O) groups is 7. The Bertz CT molecular complexity index is 1370. The fourth-order valence-electron chi connectivity index (χ4n) is 6.90. The second kappa shape index (κ2) is 17.6. The molecule has 0 aromatic carbocycles. The monoisotopic (exact) mass is 745 g/mol. The molecule has 0 radical (unpaired) electrons. The largest absolute Gasteiger partial charge is 0.464 e. The zero-order valence-corrected chi connectivity index (χ0v) is 33.0. The maximum Gasteiger partial charge on any atom is 0.328 e. The molecule has 4 aliphatic rings. The first kappa shape index (κ1) is 42.0. The molecular weight excluding hydrogens is 682 g/mol. The van der Waals surface area contributed by atoms with Crippen molar-refractivity contribution in [2.75, 3.05) is 19.7 Å². The Balaban J connectivity index is 1.45. The average Bonchev–Trinajstić information content (AvgIpc) is 3.90. The van der Waals surface area contributed by atoms with Gasteiger partial charge in [0.15, 0.2) is 0 Å². The molecule has 2 unspecified atom stereocenters. The van der Waals surface area contributed by atoms with Gasteiger partial charge >= 0.3 is 18.0 Å². The highest BCUT2D eigenvalue weighted by Gasteiger charge is 2.48. The number of hydrogen-bond acceptors (Lipinski definition) is 9. The van der Waals surface area contributed by atoms with Crippen LogP contribution in [0.2, 0.25) is 0 Å². The number of amides is 5. The van der Waals surface area contributed by atoms with Crippen molar-refractivity contribution in [1.29, 1.82) is 0 Å². The van der Waals surface area contributed by atoms with Crippen LogP contribution in [0.3, 0.4) is 0 Å². The van der Waals surface area contributed by atoms with Gasteiger partial charge in [0.1, 0.15) is 23.7 Å². The molecule has 4 rings (SSSR count). The molecule has 4 fully saturated rings. The lowest BCUT2D eigenvalue weighted by atomic mass is 9.85. The third-order valence-electron chi connectivity index (χ3n) is 10.2. The van der Waals surface area contributed by atoms with Crippen molar-refractivity contribution in [2.45, 2.75) is 149 Å². The molecule has 1 aliphatic heterocycles. The molecule has 1 heterocycles. The summed E-state index contributed by atoms with van der Waals surface area (Å²) < 4.78 is 10.8. The summed E-state index contributed by atoms with van der Waals surface area (Å²) in [5.41, 5.74) is -1.45. The smallest absolute Gasteiger partial charge is 0.328 e. The summed E-state index contributed by atoms with van der Waals surface area (Å²) in [5.74, 6) is -3.09. The fourth-order valence-corrected chi connectivity index (χ4v) is 6.90. The predicted octanol–water partition coefficient (Wildman–Crippen LogP) is 3.40. The quantitative estimate of drug-likeness (QED) is 0.120. The van der Waals surface area contributed by atoms with Gasteiger partial charge in [-0.05, 0) is 101 Å². The summed E-state index contributed by atoms with van der Waals surface area (Å²) in [6, 6.07) is -4.54. The first-order chi connectivity index (χ1) is 24.7. The number of Topliss-reactive ketones (excluding diaryl/α,β-unsaturated/α-hetero) is 1. The van der Waals surface area contributed by atoms with Crippen molar-refractivity contribution in [3.05, 3.63) is 0 Å². The van der Waals surface area contributed by atoms with Crippen LogP contribution in [0.5, 0.6) is 0 Å². The van der Waals surface area contributed by atoms with Gasteiger partial charge in [0.05, 0.1) is 19.1 Å². The number of likely N-dealkylation sites (tertiary alicyclic amines) is 1. The maximum atomic E-state index is 14.4. The maximum absolute atomic E-state index is 14.4. The van der Waals surface area contributed by atoms with E-state index in [2.05, 4.69) is 21.3 Å². The SMILES string of the molecule is CC(C)C[C@H]1CCN(C(=O)[C@@H](NC(=O)NC(C(=O)OCC2CC2)C2CC2)C(C)(C)C)[C@@H]1C(=O)NC(CC1CC1)C(=O)C(=O)NCCC(=O)OC(C)(C)C. The average molecular weight is 746 g/mol. The Hall–Kier alpha value is -3.71. The minimum atomic E-state index is -1.10. The van der Waals surface area contributed by atoms with Gasteiger partial charge in [-0.3, -0.25) is 24.0 Å². The summed E-state index contributed by atoms with van der Waals surface area (Å²) in [6.45, 7) is 15.3. The van der Waals surface area contributed by atoms with Gasteiger partial charge in [-0.25, -0.2) is 9.59 Å². The zero-order valence-electron chi connectivity index (χ0n) is 33.0. The molecule has 1 saturated heterocycles. The number of nitrogens with one attached hydrogen (secondary N) is 4. The van der Waals surface area contributed by atoms with E-state index in [1.54, 1.807) is 20.8 Å². The Morgan fingerprint density at radius 2 is 1.43 bits per heavy atom. The van der Waals surface area contributed by atoms with Gasteiger partial charge in [-0.2, -0.15) is 0 Å². The van der Waals surface area contributed by atoms with Gasteiger partial charge in [0.2, 0.25) is 17.6 Å². The highest BCUT2D eigenvalue weighted by atomic mass is 16.6. The van der Waals surface area contributed by atoms with E-state index in [1.807, 2.05) is 34.6 Å². The van der Waals surface area contributed by atoms with Crippen LogP contribution in [0.1, 0.15) is 120 Å². The molecule has 14 nitrogen and oxygen atoms in total. The third-order valence-corrected chi connectivity index (χ3v) is 10.2. The van der Waals surface area contributed by atoms with Crippen LogP contribution in [0, 0.1) is 35.0 Å². The first-order valence-corrected chi connectivity index (χ1v) is 19.6. The molecule has 3 saturated carbocycles. The lowest BCUT2D eigenvalue weighted by Crippen LogP contribution is -2.61. The number of ketones is 1. The van der Waals surface area contributed by atoms with Crippen LogP contribution in [0.4, 0.5) is 4.79 Å². The number of urea groups is 1. The Morgan fingerprint density at radius 3 is 1.98 bits per heavy atom. The Labute approximate surface area is 314 Å². The van der Waals surface area contributed by atoms with E-state index < -0.39 is 76.7 Å². The molecule has 53 heavy (non-hydrogen) atoms. The second-order valence-corrected chi connectivity index (χ2v) is 18.2. The summed E-state index contributed by atoms with van der Waals surface area (Å²) in [4.78, 5) is 95.0. The van der Waals surface area contributed by atoms with Crippen LogP contribution >= 0.6 is 0 Å². The molecule has 0 aromatic heterocycles. The number of ether oxygens (including phenoxy) is 2. The van der Waals surface area contributed by atoms with Crippen molar-refractivity contribution in [1.82, 2.24) is 26.2 Å². The molecular formula is C39H63N5O9. The molecule has 0 aromatic rings.